The predicted molar refractivity (Wildman–Crippen MR) is 73.1 cm³/mol. The van der Waals surface area contributed by atoms with Crippen molar-refractivity contribution in [3.8, 4) is 0 Å². The molecule has 1 aromatic carbocycles. The molecule has 1 unspecified atom stereocenters. The van der Waals surface area contributed by atoms with Crippen molar-refractivity contribution in [1.29, 1.82) is 0 Å². The number of hydrogen-bond donors (Lipinski definition) is 0. The summed E-state index contributed by atoms with van der Waals surface area (Å²) in [4.78, 5) is 2.49. The Morgan fingerprint density at radius 1 is 1.06 bits per heavy atom. The van der Waals surface area contributed by atoms with Crippen LogP contribution in [0.5, 0.6) is 0 Å². The van der Waals surface area contributed by atoms with Crippen LogP contribution < -0.4 is 4.90 Å². The van der Waals surface area contributed by atoms with Gasteiger partial charge in [-0.2, -0.15) is 0 Å². The van der Waals surface area contributed by atoms with Gasteiger partial charge in [-0.05, 0) is 45.2 Å². The Bertz CT molecular complexity index is 300. The molecule has 0 aromatic heterocycles. The fraction of sp³-hybridized carbons (Fsp3) is 0.600. The maximum atomic E-state index is 2.49. The fourth-order valence-electron chi connectivity index (χ4n) is 2.29. The number of nitrogens with zero attached hydrogens (tertiary/aromatic N) is 1. The molecule has 1 rings (SSSR count). The van der Waals surface area contributed by atoms with E-state index in [0.717, 1.165) is 12.5 Å². The van der Waals surface area contributed by atoms with Gasteiger partial charge in [-0.1, -0.05) is 31.5 Å². The molecule has 0 bridgehead atoms. The maximum absolute atomic E-state index is 2.49. The summed E-state index contributed by atoms with van der Waals surface area (Å²) in [6.07, 6.45) is 1.25. The Morgan fingerprint density at radius 3 is 2.06 bits per heavy atom. The third-order valence-electron chi connectivity index (χ3n) is 3.05. The summed E-state index contributed by atoms with van der Waals surface area (Å²) in [6.45, 7) is 12.4. The van der Waals surface area contributed by atoms with Gasteiger partial charge < -0.3 is 4.90 Å². The van der Waals surface area contributed by atoms with Crippen LogP contribution in [0.3, 0.4) is 0 Å². The topological polar surface area (TPSA) is 3.24 Å². The Kier molecular flexibility index (Phi) is 4.85. The van der Waals surface area contributed by atoms with Crippen LogP contribution in [0.25, 0.3) is 0 Å². The molecule has 1 heteroatoms. The second-order valence-corrected chi connectivity index (χ2v) is 5.10. The van der Waals surface area contributed by atoms with Gasteiger partial charge in [-0.15, -0.1) is 0 Å². The summed E-state index contributed by atoms with van der Waals surface area (Å²) in [5.41, 5.74) is 2.68. The minimum atomic E-state index is 0.618. The molecule has 0 amide bonds. The summed E-state index contributed by atoms with van der Waals surface area (Å²) < 4.78 is 0. The average molecular weight is 219 g/mol. The first-order valence-corrected chi connectivity index (χ1v) is 6.38. The van der Waals surface area contributed by atoms with Crippen LogP contribution in [0.15, 0.2) is 24.3 Å². The van der Waals surface area contributed by atoms with Crippen molar-refractivity contribution >= 4 is 5.69 Å². The van der Waals surface area contributed by atoms with Crippen molar-refractivity contribution in [2.24, 2.45) is 5.92 Å². The van der Waals surface area contributed by atoms with Crippen LogP contribution in [0.1, 0.15) is 39.7 Å². The van der Waals surface area contributed by atoms with Gasteiger partial charge in [0.05, 0.1) is 0 Å². The van der Waals surface area contributed by atoms with E-state index in [9.17, 15) is 0 Å². The van der Waals surface area contributed by atoms with Crippen molar-refractivity contribution in [2.45, 2.75) is 47.1 Å². The van der Waals surface area contributed by atoms with Gasteiger partial charge in [-0.25, -0.2) is 0 Å². The van der Waals surface area contributed by atoms with E-state index in [-0.39, 0.29) is 0 Å². The Morgan fingerprint density at radius 2 is 1.62 bits per heavy atom. The van der Waals surface area contributed by atoms with E-state index in [2.05, 4.69) is 63.8 Å². The lowest BCUT2D eigenvalue weighted by Crippen LogP contribution is -2.33. The first-order valence-electron chi connectivity index (χ1n) is 6.38. The van der Waals surface area contributed by atoms with Gasteiger partial charge in [0, 0.05) is 18.3 Å². The van der Waals surface area contributed by atoms with Crippen molar-refractivity contribution < 1.29 is 0 Å². The molecule has 1 atom stereocenters. The third kappa shape index (κ3) is 3.55. The van der Waals surface area contributed by atoms with Gasteiger partial charge in [0.25, 0.3) is 0 Å². The van der Waals surface area contributed by atoms with Crippen molar-refractivity contribution in [3.63, 3.8) is 0 Å². The van der Waals surface area contributed by atoms with E-state index in [0.29, 0.717) is 6.04 Å². The van der Waals surface area contributed by atoms with Crippen LogP contribution in [0.4, 0.5) is 5.69 Å². The lowest BCUT2D eigenvalue weighted by molar-refractivity contribution is 0.492. The van der Waals surface area contributed by atoms with Crippen LogP contribution in [-0.2, 0) is 0 Å². The minimum Gasteiger partial charge on any atom is -0.369 e. The van der Waals surface area contributed by atoms with Crippen LogP contribution >= 0.6 is 0 Å². The molecule has 0 radical (unpaired) electrons. The Labute approximate surface area is 100 Å². The Balaban J connectivity index is 2.77. The summed E-state index contributed by atoms with van der Waals surface area (Å²) in [5.74, 6) is 0.759. The molecule has 0 aliphatic heterocycles. The molecule has 90 valence electrons. The zero-order chi connectivity index (χ0) is 12.1. The molecular formula is C15H25N. The van der Waals surface area contributed by atoms with Gasteiger partial charge in [0.2, 0.25) is 0 Å². The van der Waals surface area contributed by atoms with Gasteiger partial charge in [-0.3, -0.25) is 0 Å². The molecule has 0 aliphatic rings. The number of anilines is 1. The largest absolute Gasteiger partial charge is 0.369 e. The molecule has 1 nitrogen and oxygen atoms in total. The minimum absolute atomic E-state index is 0.618. The number of hydrogen-bond acceptors (Lipinski definition) is 1. The zero-order valence-corrected chi connectivity index (χ0v) is 11.3. The van der Waals surface area contributed by atoms with E-state index in [4.69, 9.17) is 0 Å². The lowest BCUT2D eigenvalue weighted by atomic mass is 10.0. The monoisotopic (exact) mass is 219 g/mol. The fourth-order valence-corrected chi connectivity index (χ4v) is 2.29. The summed E-state index contributed by atoms with van der Waals surface area (Å²) >= 11 is 0. The number of aryl methyl sites for hydroxylation is 1. The van der Waals surface area contributed by atoms with Crippen molar-refractivity contribution in [1.82, 2.24) is 0 Å². The van der Waals surface area contributed by atoms with Gasteiger partial charge >= 0.3 is 0 Å². The molecule has 0 saturated carbocycles. The third-order valence-corrected chi connectivity index (χ3v) is 3.05. The van der Waals surface area contributed by atoms with E-state index >= 15 is 0 Å². The predicted octanol–water partition coefficient (Wildman–Crippen LogP) is 4.26. The number of benzene rings is 1. The second-order valence-electron chi connectivity index (χ2n) is 5.10. The SMILES string of the molecule is CCN(c1ccc(C)cc1)C(C)CC(C)C. The van der Waals surface area contributed by atoms with E-state index in [1.807, 2.05) is 0 Å². The summed E-state index contributed by atoms with van der Waals surface area (Å²) in [5, 5.41) is 0. The van der Waals surface area contributed by atoms with Crippen LogP contribution in [0.2, 0.25) is 0 Å². The molecule has 0 saturated heterocycles. The lowest BCUT2D eigenvalue weighted by Gasteiger charge is -2.31. The second kappa shape index (κ2) is 5.93. The van der Waals surface area contributed by atoms with E-state index in [1.54, 1.807) is 0 Å². The maximum Gasteiger partial charge on any atom is 0.0368 e. The highest BCUT2D eigenvalue weighted by atomic mass is 15.1. The molecule has 0 spiro atoms. The molecule has 0 N–H and O–H groups in total. The Hall–Kier alpha value is -0.980. The number of rotatable bonds is 5. The van der Waals surface area contributed by atoms with Crippen molar-refractivity contribution in [2.75, 3.05) is 11.4 Å². The summed E-state index contributed by atoms with van der Waals surface area (Å²) in [6, 6.07) is 9.47. The van der Waals surface area contributed by atoms with Crippen molar-refractivity contribution in [3.05, 3.63) is 29.8 Å². The first kappa shape index (κ1) is 13.1. The quantitative estimate of drug-likeness (QED) is 0.715. The molecule has 0 heterocycles. The molecular weight excluding hydrogens is 194 g/mol. The molecule has 16 heavy (non-hydrogen) atoms. The molecule has 0 fully saturated rings. The highest BCUT2D eigenvalue weighted by Crippen LogP contribution is 2.20. The van der Waals surface area contributed by atoms with E-state index in [1.165, 1.54) is 17.7 Å². The first-order chi connectivity index (χ1) is 7.54. The van der Waals surface area contributed by atoms with Crippen LogP contribution in [-0.4, -0.2) is 12.6 Å². The normalized spacial score (nSPS) is 12.9. The highest BCUT2D eigenvalue weighted by Gasteiger charge is 2.13. The van der Waals surface area contributed by atoms with Crippen LogP contribution in [0, 0.1) is 12.8 Å². The highest BCUT2D eigenvalue weighted by molar-refractivity contribution is 5.48. The standard InChI is InChI=1S/C15H25N/c1-6-16(14(5)11-12(2)3)15-9-7-13(4)8-10-15/h7-10,12,14H,6,11H2,1-5H3. The summed E-state index contributed by atoms with van der Waals surface area (Å²) in [7, 11) is 0. The molecule has 1 aromatic rings. The van der Waals surface area contributed by atoms with Gasteiger partial charge in [0.1, 0.15) is 0 Å². The molecule has 0 aliphatic carbocycles. The zero-order valence-electron chi connectivity index (χ0n) is 11.3. The smallest absolute Gasteiger partial charge is 0.0368 e. The average Bonchev–Trinajstić information content (AvgIpc) is 2.21. The van der Waals surface area contributed by atoms with E-state index < -0.39 is 0 Å². The van der Waals surface area contributed by atoms with Gasteiger partial charge in [0.15, 0.2) is 0 Å².